The number of rotatable bonds is 24. The van der Waals surface area contributed by atoms with E-state index in [0.717, 1.165) is 60.1 Å². The number of carbonyl (C=O) groups excluding carboxylic acids is 7. The first-order valence-electron chi connectivity index (χ1n) is 40.6. The van der Waals surface area contributed by atoms with Gasteiger partial charge in [-0.15, -0.1) is 0 Å². The minimum absolute atomic E-state index is 0.105. The largest absolute Gasteiger partial charge is 0.508 e. The second-order valence-corrected chi connectivity index (χ2v) is 35.0. The number of ether oxygens (including phenoxy) is 8. The Hall–Kier alpha value is -9.37. The van der Waals surface area contributed by atoms with E-state index in [2.05, 4.69) is 26.6 Å². The minimum atomic E-state index is -2.32. The van der Waals surface area contributed by atoms with Crippen LogP contribution in [-0.4, -0.2) is 250 Å². The molecule has 0 radical (unpaired) electrons. The monoisotopic (exact) mass is 1800 g/mol. The molecule has 5 amide bonds. The fourth-order valence-corrected chi connectivity index (χ4v) is 17.6. The number of Topliss-reactive ketones (excluding diaryl/α,β-unsaturated/α-hetero) is 2. The van der Waals surface area contributed by atoms with Gasteiger partial charge in [-0.05, 0) is 161 Å². The molecule has 125 heavy (non-hydrogen) atoms. The third-order valence-corrected chi connectivity index (χ3v) is 24.4. The molecule has 2 unspecified atom stereocenters. The van der Waals surface area contributed by atoms with E-state index in [1.165, 1.54) is 51.2 Å². The van der Waals surface area contributed by atoms with E-state index in [9.17, 15) is 75.7 Å². The zero-order chi connectivity index (χ0) is 90.6. The van der Waals surface area contributed by atoms with Crippen molar-refractivity contribution >= 4 is 82.0 Å². The summed E-state index contributed by atoms with van der Waals surface area (Å²) in [6, 6.07) is 8.30. The minimum Gasteiger partial charge on any atom is -0.508 e. The number of amides is 5. The number of nitrogens with one attached hydrogen (secondary N) is 5. The predicted molar refractivity (Wildman–Crippen MR) is 444 cm³/mol. The van der Waals surface area contributed by atoms with Gasteiger partial charge in [-0.1, -0.05) is 55.2 Å². The van der Waals surface area contributed by atoms with Gasteiger partial charge in [0.2, 0.25) is 41.6 Å². The van der Waals surface area contributed by atoms with Crippen molar-refractivity contribution in [1.29, 1.82) is 0 Å². The molecule has 14 rings (SSSR count). The molecule has 40 heteroatoms. The van der Waals surface area contributed by atoms with E-state index in [0.29, 0.717) is 30.9 Å². The van der Waals surface area contributed by atoms with Gasteiger partial charge in [0, 0.05) is 54.0 Å². The number of benzene rings is 5. The number of carboxylic acid groups (broad SMARTS) is 1. The number of aliphatic hydroxyl groups excluding tert-OH is 8. The maximum absolute atomic E-state index is 16.6. The number of aliphatic hydroxyl groups is 8. The quantitative estimate of drug-likeness (QED) is 0.0384. The van der Waals surface area contributed by atoms with Crippen molar-refractivity contribution in [3.8, 4) is 57.1 Å². The van der Waals surface area contributed by atoms with Crippen LogP contribution in [0.2, 0.25) is 10.0 Å². The number of furan rings is 1. The number of hydrogen-bond acceptors (Lipinski definition) is 32. The maximum Gasteiger partial charge on any atom is 0.330 e. The highest BCUT2D eigenvalue weighted by molar-refractivity contribution is 7.98. The van der Waals surface area contributed by atoms with Gasteiger partial charge in [0.1, 0.15) is 113 Å². The Kier molecular flexibility index (Phi) is 30.6. The summed E-state index contributed by atoms with van der Waals surface area (Å²) in [7, 11) is 5.34. The van der Waals surface area contributed by atoms with E-state index in [4.69, 9.17) is 77.0 Å². The van der Waals surface area contributed by atoms with Gasteiger partial charge >= 0.3 is 5.97 Å². The fraction of sp³-hybridized carbons (Fsp3) is 0.506. The molecule has 8 aliphatic heterocycles. The number of aliphatic carboxylic acids is 1. The summed E-state index contributed by atoms with van der Waals surface area (Å²) in [5.74, 6) is -16.4. The molecule has 678 valence electrons. The van der Waals surface area contributed by atoms with Crippen LogP contribution < -0.4 is 52.3 Å². The third kappa shape index (κ3) is 21.7. The van der Waals surface area contributed by atoms with E-state index in [1.807, 2.05) is 45.0 Å². The van der Waals surface area contributed by atoms with E-state index in [1.54, 1.807) is 11.8 Å². The summed E-state index contributed by atoms with van der Waals surface area (Å²) >= 11 is 16.1. The molecule has 11 bridgehead atoms. The lowest BCUT2D eigenvalue weighted by Gasteiger charge is -2.46. The summed E-state index contributed by atoms with van der Waals surface area (Å²) in [5, 5.41) is 152. The lowest BCUT2D eigenvalue weighted by molar-refractivity contribution is -0.351. The smallest absolute Gasteiger partial charge is 0.330 e. The Morgan fingerprint density at radius 2 is 1.36 bits per heavy atom. The first-order chi connectivity index (χ1) is 59.2. The number of nitrogens with zero attached hydrogens (tertiary/aromatic N) is 1. The van der Waals surface area contributed by atoms with Gasteiger partial charge in [0.15, 0.2) is 41.7 Å². The number of phenols is 3. The molecule has 5 aromatic carbocycles. The Morgan fingerprint density at radius 3 is 2.00 bits per heavy atom. The molecule has 3 fully saturated rings. The number of carbonyl (C=O) groups is 8. The molecule has 21 N–H and O–H groups in total. The van der Waals surface area contributed by atoms with Crippen LogP contribution in [0, 0.1) is 11.8 Å². The van der Waals surface area contributed by atoms with Crippen molar-refractivity contribution in [2.75, 3.05) is 33.5 Å². The zero-order valence-corrected chi connectivity index (χ0v) is 71.3. The number of phenolic OH excluding ortho intramolecular Hbond substituents is 3. The molecule has 3 saturated heterocycles. The van der Waals surface area contributed by atoms with Gasteiger partial charge in [-0.3, -0.25) is 33.6 Å². The number of thioether (sulfide) groups is 1. The van der Waals surface area contributed by atoms with E-state index in [-0.39, 0.29) is 52.6 Å². The second kappa shape index (κ2) is 40.3. The number of hydrogen-bond donors (Lipinski definition) is 19. The number of likely N-dealkylation sites (N-methyl/N-ethyl adjacent to an activating group) is 1. The topological polar surface area (TPSA) is 582 Å². The van der Waals surface area contributed by atoms with Crippen molar-refractivity contribution in [2.24, 2.45) is 23.3 Å². The number of unbranched alkanes of at least 4 members (excludes halogenated alkanes) is 1. The van der Waals surface area contributed by atoms with Crippen LogP contribution in [0.4, 0.5) is 0 Å². The fourth-order valence-electron chi connectivity index (χ4n) is 16.2. The van der Waals surface area contributed by atoms with Gasteiger partial charge < -0.3 is 147 Å². The van der Waals surface area contributed by atoms with Crippen LogP contribution in [-0.2, 0) is 74.3 Å². The molecule has 8 aliphatic rings. The number of fused-ring (bicyclic) bond motifs is 15. The van der Waals surface area contributed by atoms with E-state index >= 15 is 24.0 Å². The maximum atomic E-state index is 16.6. The first-order valence-corrected chi connectivity index (χ1v) is 42.5. The molecule has 1 aromatic heterocycles. The SMILES string of the molecule is CN[C@H](CC(C)C)C(=O)NC1C(=O)C[C@@H](CC(N)=O)C(=O)N[C@H]2C(=O)C[C@H]3C(=O)N[C@H](C(=O)N[C@@H](C(=O)O)c4cc(O)cc(O)c4-c4cc3ccc4O)[C@H](OC3C[C@](C)(N)[C@@H](O)[C@H](C)O3)c3ccc(c(Cl)c3)Oc3cc2cc(c3O[C@@H]2O[C@H](CO)[C@@H](O[C@@H]3O[C@H](CCCCSCc4ccc(CN(C)C)o4)[C@H](O)[C@H](O)[C@H]3O)[C@H](O)[C@H]2O)Oc2ccc(cc2Cl)[C@H]1O. The molecular weight excluding hydrogens is 1700 g/mol. The van der Waals surface area contributed by atoms with Crippen LogP contribution in [0.3, 0.4) is 0 Å². The number of carboxylic acids is 1. The Bertz CT molecular complexity index is 4960. The Labute approximate surface area is 731 Å². The molecule has 37 nitrogen and oxygen atoms in total. The highest BCUT2D eigenvalue weighted by Crippen LogP contribution is 2.51. The normalized spacial score (nSPS) is 30.0. The van der Waals surface area contributed by atoms with Gasteiger partial charge in [0.25, 0.3) is 0 Å². The summed E-state index contributed by atoms with van der Waals surface area (Å²) in [6.45, 7) is 6.15. The number of ketones is 2. The van der Waals surface area contributed by atoms with Crippen molar-refractivity contribution in [3.63, 3.8) is 0 Å². The number of nitrogens with two attached hydrogens (primary N) is 2. The van der Waals surface area contributed by atoms with Crippen molar-refractivity contribution < 1.29 is 142 Å². The van der Waals surface area contributed by atoms with Crippen LogP contribution in [0.5, 0.6) is 46.0 Å². The first kappa shape index (κ1) is 94.8. The molecular formula is C85H104Cl2N8O29S. The Balaban J connectivity index is 1.01. The van der Waals surface area contributed by atoms with Gasteiger partial charge in [-0.25, -0.2) is 4.79 Å². The molecule has 0 spiro atoms. The third-order valence-electron chi connectivity index (χ3n) is 22.7. The molecule has 23 atom stereocenters. The van der Waals surface area contributed by atoms with Crippen molar-refractivity contribution in [3.05, 3.63) is 140 Å². The van der Waals surface area contributed by atoms with Crippen molar-refractivity contribution in [1.82, 2.24) is 31.5 Å². The highest BCUT2D eigenvalue weighted by Gasteiger charge is 2.53. The number of halogens is 2. The van der Waals surface area contributed by atoms with Gasteiger partial charge in [-0.2, -0.15) is 11.8 Å². The molecule has 0 saturated carbocycles. The summed E-state index contributed by atoms with van der Waals surface area (Å²) in [4.78, 5) is 123. The standard InChI is InChI=1S/C85H104Cl2N8O29S/c1-35(2)20-50(90-5)80(112)93-66-53(100)24-41(27-61(88)102)78(110)91-64-40-25-58(118-55-17-12-38(68(66)103)22-48(55)86)75(123-84-73(108)71(106)76(60(33-96)121-84)124-83-72(107)70(105)69(104)57(120-83)10-8-9-19-125-34-44-15-14-43(117-44)32-95(6)7)59(26-40)119-56-18-13-39(23-49(56)87)74(122-62-31-85(4,89)77(109)36(3)116-62)67-81(113)92-65(82(114)115)47-28-42(97)29-52(99)63(47)46-21-37(11-16-51(46)98)45(30-54(64)101)79(111)94-67/h11-18,21-23,25-26,28-29,35-36,41,45,50,57,60,62,64-74,76-77,83-84,90,96-99,103-109H,8-10,19-20,24,27,30-34,89H2,1-7H3,(H2,88,102)(H,91,110)(H,92,113)(H,93,112)(H,94,111)(H,114,115)/t36-,41-,45+,50+,57+,60+,62?,64+,65+,66?,67-,68+,69-,70-,71+,72+,73+,74+,76+,77-,83-,84-,85-/m0/s1. The lowest BCUT2D eigenvalue weighted by atomic mass is 9.84. The average molecular weight is 1800 g/mol. The van der Waals surface area contributed by atoms with Crippen molar-refractivity contribution in [2.45, 2.75) is 225 Å². The summed E-state index contributed by atoms with van der Waals surface area (Å²) in [5.41, 5.74) is 8.52. The molecule has 6 aromatic rings. The Morgan fingerprint density at radius 1 is 0.704 bits per heavy atom. The summed E-state index contributed by atoms with van der Waals surface area (Å²) in [6.07, 6.45) is -29.1. The highest BCUT2D eigenvalue weighted by atomic mass is 35.5. The number of primary amides is 1. The average Bonchev–Trinajstić information content (AvgIpc) is 1.11. The zero-order valence-electron chi connectivity index (χ0n) is 69.0. The molecule has 9 heterocycles. The predicted octanol–water partition coefficient (Wildman–Crippen LogP) is 3.67. The van der Waals surface area contributed by atoms with Crippen LogP contribution in [0.1, 0.15) is 149 Å². The molecule has 0 aliphatic carbocycles. The van der Waals surface area contributed by atoms with Gasteiger partial charge in [0.05, 0.1) is 65.1 Å². The van der Waals surface area contributed by atoms with E-state index < -0.39 is 280 Å². The number of aromatic hydroxyl groups is 3. The van der Waals surface area contributed by atoms with Crippen LogP contribution >= 0.6 is 35.0 Å². The second-order valence-electron chi connectivity index (χ2n) is 33.1. The van der Waals surface area contributed by atoms with Crippen LogP contribution in [0.25, 0.3) is 11.1 Å². The summed E-state index contributed by atoms with van der Waals surface area (Å²) < 4.78 is 57.4. The lowest BCUT2D eigenvalue weighted by Crippen LogP contribution is -2.64. The van der Waals surface area contributed by atoms with Crippen LogP contribution in [0.15, 0.2) is 95.4 Å².